The SMILES string of the molecule is CC/C=C\C/C=C\C/C=C\C/C=C\C/C=C\C/C=C\CCCCC(=O)OCC(COC(=O)CCCCCCCCC/C=C\CCCCCCCC)OC(=O)CCCCCCCCC/C=C\C/C=C\CCCCC. The number of rotatable bonds is 54. The Morgan fingerprint density at radius 3 is 0.904 bits per heavy atom. The molecule has 1 atom stereocenters. The van der Waals surface area contributed by atoms with Crippen LogP contribution in [0.3, 0.4) is 0 Å². The maximum atomic E-state index is 12.9. The first-order valence-electron chi connectivity index (χ1n) is 30.4. The summed E-state index contributed by atoms with van der Waals surface area (Å²) in [7, 11) is 0. The van der Waals surface area contributed by atoms with Gasteiger partial charge < -0.3 is 14.2 Å². The van der Waals surface area contributed by atoms with Crippen LogP contribution in [0.4, 0.5) is 0 Å². The number of carbonyl (C=O) groups excluding carboxylic acids is 3. The van der Waals surface area contributed by atoms with Crippen LogP contribution in [0.25, 0.3) is 0 Å². The van der Waals surface area contributed by atoms with Crippen LogP contribution >= 0.6 is 0 Å². The molecule has 0 aromatic heterocycles. The van der Waals surface area contributed by atoms with Gasteiger partial charge in [-0.3, -0.25) is 14.4 Å². The first-order valence-corrected chi connectivity index (χ1v) is 30.4. The van der Waals surface area contributed by atoms with E-state index in [-0.39, 0.29) is 31.1 Å². The lowest BCUT2D eigenvalue weighted by Crippen LogP contribution is -2.30. The minimum Gasteiger partial charge on any atom is -0.462 e. The van der Waals surface area contributed by atoms with Crippen LogP contribution in [0, 0.1) is 0 Å². The summed E-state index contributed by atoms with van der Waals surface area (Å²) in [6, 6.07) is 0. The largest absolute Gasteiger partial charge is 0.462 e. The summed E-state index contributed by atoms with van der Waals surface area (Å²) in [5, 5.41) is 0. The van der Waals surface area contributed by atoms with Crippen LogP contribution in [-0.4, -0.2) is 37.2 Å². The fraction of sp³-hybridized carbons (Fsp3) is 0.687. The lowest BCUT2D eigenvalue weighted by atomic mass is 10.1. The number of hydrogen-bond donors (Lipinski definition) is 0. The van der Waals surface area contributed by atoms with E-state index in [9.17, 15) is 14.4 Å². The van der Waals surface area contributed by atoms with E-state index < -0.39 is 6.10 Å². The second-order valence-corrected chi connectivity index (χ2v) is 19.9. The Kier molecular flexibility index (Phi) is 57.4. The molecule has 0 aromatic rings. The van der Waals surface area contributed by atoms with Gasteiger partial charge in [0.2, 0.25) is 0 Å². The molecule has 6 heteroatoms. The van der Waals surface area contributed by atoms with Gasteiger partial charge >= 0.3 is 17.9 Å². The van der Waals surface area contributed by atoms with Gasteiger partial charge in [0.1, 0.15) is 13.2 Å². The second kappa shape index (κ2) is 60.6. The van der Waals surface area contributed by atoms with E-state index in [0.717, 1.165) is 109 Å². The van der Waals surface area contributed by atoms with Crippen LogP contribution in [0.2, 0.25) is 0 Å². The molecular weight excluding hydrogens is 901 g/mol. The van der Waals surface area contributed by atoms with Crippen molar-refractivity contribution in [1.29, 1.82) is 0 Å². The molecule has 0 radical (unpaired) electrons. The van der Waals surface area contributed by atoms with Crippen LogP contribution in [0.15, 0.2) is 109 Å². The van der Waals surface area contributed by atoms with E-state index in [2.05, 4.69) is 130 Å². The predicted molar refractivity (Wildman–Crippen MR) is 316 cm³/mol. The number of allylic oxidation sites excluding steroid dienone is 18. The van der Waals surface area contributed by atoms with Crippen molar-refractivity contribution in [2.75, 3.05) is 13.2 Å². The van der Waals surface area contributed by atoms with E-state index in [1.807, 2.05) is 0 Å². The standard InChI is InChI=1S/C67H112O6/c1-4-7-10-13-16-19-22-25-28-31-32-33-34-37-39-42-45-48-51-54-57-60-66(69)72-63-64(73-67(70)61-58-55-52-49-46-43-40-36-30-27-24-21-18-15-12-9-6-3)62-71-65(68)59-56-53-50-47-44-41-38-35-29-26-23-20-17-14-11-8-5-2/h7,10,16,18-19,21,25-30,32-33,37,39,45,48,64H,4-6,8-9,11-15,17,20,22-24,31,34-36,38,40-44,46-47,49-63H2,1-3H3/b10-7-,19-16-,21-18-,28-25-,29-26-,30-27-,33-32-,39-37-,48-45-. The van der Waals surface area contributed by atoms with Crippen molar-refractivity contribution in [3.05, 3.63) is 109 Å². The molecule has 0 aliphatic rings. The van der Waals surface area contributed by atoms with Gasteiger partial charge in [0.15, 0.2) is 6.10 Å². The molecule has 0 saturated carbocycles. The van der Waals surface area contributed by atoms with Crippen LogP contribution < -0.4 is 0 Å². The molecule has 0 N–H and O–H groups in total. The normalized spacial score (nSPS) is 12.9. The van der Waals surface area contributed by atoms with Crippen molar-refractivity contribution < 1.29 is 28.6 Å². The Morgan fingerprint density at radius 1 is 0.288 bits per heavy atom. The number of carbonyl (C=O) groups is 3. The van der Waals surface area contributed by atoms with Crippen molar-refractivity contribution in [2.24, 2.45) is 0 Å². The van der Waals surface area contributed by atoms with E-state index in [0.29, 0.717) is 19.3 Å². The third-order valence-electron chi connectivity index (χ3n) is 12.7. The molecule has 0 spiro atoms. The molecule has 73 heavy (non-hydrogen) atoms. The van der Waals surface area contributed by atoms with Crippen molar-refractivity contribution >= 4 is 17.9 Å². The van der Waals surface area contributed by atoms with Crippen molar-refractivity contribution in [2.45, 2.75) is 284 Å². The molecule has 0 fully saturated rings. The van der Waals surface area contributed by atoms with E-state index in [4.69, 9.17) is 14.2 Å². The van der Waals surface area contributed by atoms with E-state index in [1.165, 1.54) is 128 Å². The molecule has 0 saturated heterocycles. The van der Waals surface area contributed by atoms with Gasteiger partial charge in [-0.1, -0.05) is 239 Å². The molecule has 1 unspecified atom stereocenters. The Labute approximate surface area is 450 Å². The van der Waals surface area contributed by atoms with Gasteiger partial charge in [-0.05, 0) is 128 Å². The quantitative estimate of drug-likeness (QED) is 0.0261. The summed E-state index contributed by atoms with van der Waals surface area (Å²) in [6.45, 7) is 6.46. The Bertz CT molecular complexity index is 1490. The second-order valence-electron chi connectivity index (χ2n) is 19.9. The molecule has 0 aliphatic heterocycles. The first kappa shape index (κ1) is 69.1. The van der Waals surface area contributed by atoms with Crippen molar-refractivity contribution in [3.8, 4) is 0 Å². The zero-order chi connectivity index (χ0) is 52.9. The third kappa shape index (κ3) is 58.8. The number of esters is 3. The summed E-state index contributed by atoms with van der Waals surface area (Å²) >= 11 is 0. The molecule has 0 bridgehead atoms. The maximum Gasteiger partial charge on any atom is 0.306 e. The highest BCUT2D eigenvalue weighted by molar-refractivity contribution is 5.71. The smallest absolute Gasteiger partial charge is 0.306 e. The first-order chi connectivity index (χ1) is 36.0. The number of ether oxygens (including phenoxy) is 3. The molecule has 416 valence electrons. The highest BCUT2D eigenvalue weighted by Crippen LogP contribution is 2.15. The molecule has 0 amide bonds. The highest BCUT2D eigenvalue weighted by atomic mass is 16.6. The summed E-state index contributed by atoms with van der Waals surface area (Å²) in [6.07, 6.45) is 82.2. The fourth-order valence-electron chi connectivity index (χ4n) is 8.18. The average Bonchev–Trinajstić information content (AvgIpc) is 3.39. The Morgan fingerprint density at radius 2 is 0.534 bits per heavy atom. The summed E-state index contributed by atoms with van der Waals surface area (Å²) < 4.78 is 16.9. The summed E-state index contributed by atoms with van der Waals surface area (Å²) in [5.41, 5.74) is 0. The minimum absolute atomic E-state index is 0.0983. The monoisotopic (exact) mass is 1010 g/mol. The minimum atomic E-state index is -0.805. The van der Waals surface area contributed by atoms with Crippen molar-refractivity contribution in [3.63, 3.8) is 0 Å². The van der Waals surface area contributed by atoms with Crippen LogP contribution in [0.1, 0.15) is 278 Å². The topological polar surface area (TPSA) is 78.9 Å². The average molecular weight is 1010 g/mol. The lowest BCUT2D eigenvalue weighted by molar-refractivity contribution is -0.167. The Hall–Kier alpha value is -3.93. The van der Waals surface area contributed by atoms with Gasteiger partial charge in [0, 0.05) is 19.3 Å². The van der Waals surface area contributed by atoms with Gasteiger partial charge in [0.05, 0.1) is 0 Å². The molecule has 0 aliphatic carbocycles. The molecule has 6 nitrogen and oxygen atoms in total. The molecule has 0 aromatic carbocycles. The zero-order valence-electron chi connectivity index (χ0n) is 47.6. The Balaban J connectivity index is 4.49. The predicted octanol–water partition coefficient (Wildman–Crippen LogP) is 20.7. The summed E-state index contributed by atoms with van der Waals surface area (Å²) in [4.78, 5) is 38.3. The van der Waals surface area contributed by atoms with Gasteiger partial charge in [0.25, 0.3) is 0 Å². The highest BCUT2D eigenvalue weighted by Gasteiger charge is 2.19. The van der Waals surface area contributed by atoms with Gasteiger partial charge in [-0.15, -0.1) is 0 Å². The maximum absolute atomic E-state index is 12.9. The summed E-state index contributed by atoms with van der Waals surface area (Å²) in [5.74, 6) is -0.951. The molecule has 0 rings (SSSR count). The van der Waals surface area contributed by atoms with Gasteiger partial charge in [-0.25, -0.2) is 0 Å². The lowest BCUT2D eigenvalue weighted by Gasteiger charge is -2.18. The van der Waals surface area contributed by atoms with Crippen LogP contribution in [0.5, 0.6) is 0 Å². The molecule has 0 heterocycles. The van der Waals surface area contributed by atoms with Gasteiger partial charge in [-0.2, -0.15) is 0 Å². The fourth-order valence-corrected chi connectivity index (χ4v) is 8.18. The van der Waals surface area contributed by atoms with E-state index >= 15 is 0 Å². The number of unbranched alkanes of at least 4 members (excludes halogenated alkanes) is 25. The van der Waals surface area contributed by atoms with Crippen LogP contribution in [-0.2, 0) is 28.6 Å². The zero-order valence-corrected chi connectivity index (χ0v) is 47.6. The number of hydrogen-bond acceptors (Lipinski definition) is 6. The molecular formula is C67H112O6. The van der Waals surface area contributed by atoms with Crippen molar-refractivity contribution in [1.82, 2.24) is 0 Å². The van der Waals surface area contributed by atoms with E-state index in [1.54, 1.807) is 0 Å². The third-order valence-corrected chi connectivity index (χ3v) is 12.7.